The lowest BCUT2D eigenvalue weighted by Crippen LogP contribution is -2.06. The van der Waals surface area contributed by atoms with Gasteiger partial charge in [-0.1, -0.05) is 36.4 Å². The Kier molecular flexibility index (Phi) is 5.19. The van der Waals surface area contributed by atoms with E-state index in [1.807, 2.05) is 25.1 Å². The van der Waals surface area contributed by atoms with E-state index < -0.39 is 11.7 Å². The molecule has 0 spiro atoms. The molecule has 1 heterocycles. The van der Waals surface area contributed by atoms with Crippen LogP contribution in [0.25, 0.3) is 34.2 Å². The van der Waals surface area contributed by atoms with Gasteiger partial charge in [-0.3, -0.25) is 0 Å². The monoisotopic (exact) mass is 421 g/mol. The average molecular weight is 421 g/mol. The van der Waals surface area contributed by atoms with E-state index in [0.29, 0.717) is 22.5 Å². The minimum Gasteiger partial charge on any atom is -0.507 e. The van der Waals surface area contributed by atoms with Gasteiger partial charge in [0.15, 0.2) is 17.5 Å². The molecule has 0 fully saturated rings. The van der Waals surface area contributed by atoms with E-state index >= 15 is 0 Å². The van der Waals surface area contributed by atoms with E-state index in [1.54, 1.807) is 43.3 Å². The number of nitrogens with zero attached hydrogens (tertiary/aromatic N) is 3. The molecule has 0 radical (unpaired) electrons. The van der Waals surface area contributed by atoms with Crippen molar-refractivity contribution in [2.45, 2.75) is 20.0 Å². The fourth-order valence-corrected chi connectivity index (χ4v) is 3.25. The molecule has 0 aliphatic rings. The first kappa shape index (κ1) is 20.5. The van der Waals surface area contributed by atoms with Gasteiger partial charge in [-0.25, -0.2) is 15.0 Å². The van der Waals surface area contributed by atoms with Crippen molar-refractivity contribution in [3.05, 3.63) is 83.4 Å². The third kappa shape index (κ3) is 4.40. The maximum Gasteiger partial charge on any atom is 0.416 e. The van der Waals surface area contributed by atoms with E-state index in [-0.39, 0.29) is 23.0 Å². The second-order valence-electron chi connectivity index (χ2n) is 7.28. The van der Waals surface area contributed by atoms with Crippen LogP contribution >= 0.6 is 0 Å². The zero-order valence-corrected chi connectivity index (χ0v) is 16.8. The lowest BCUT2D eigenvalue weighted by atomic mass is 10.0. The van der Waals surface area contributed by atoms with Gasteiger partial charge in [-0.15, -0.1) is 0 Å². The Morgan fingerprint density at radius 1 is 0.677 bits per heavy atom. The molecule has 4 rings (SSSR count). The predicted molar refractivity (Wildman–Crippen MR) is 112 cm³/mol. The molecule has 1 aromatic heterocycles. The van der Waals surface area contributed by atoms with E-state index in [2.05, 4.69) is 15.0 Å². The summed E-state index contributed by atoms with van der Waals surface area (Å²) in [5.41, 5.74) is 1.79. The second-order valence-corrected chi connectivity index (χ2v) is 7.28. The van der Waals surface area contributed by atoms with Crippen LogP contribution in [0.2, 0.25) is 0 Å². The summed E-state index contributed by atoms with van der Waals surface area (Å²) >= 11 is 0. The summed E-state index contributed by atoms with van der Waals surface area (Å²) < 4.78 is 40.1. The first-order valence-electron chi connectivity index (χ1n) is 9.51. The molecular formula is C24H18F3N3O. The van der Waals surface area contributed by atoms with Crippen molar-refractivity contribution in [2.24, 2.45) is 0 Å². The minimum atomic E-state index is -4.49. The number of benzene rings is 3. The number of alkyl halides is 3. The number of aromatic nitrogens is 3. The third-order valence-electron chi connectivity index (χ3n) is 4.72. The Morgan fingerprint density at radius 3 is 1.97 bits per heavy atom. The van der Waals surface area contributed by atoms with E-state index in [4.69, 9.17) is 0 Å². The lowest BCUT2D eigenvalue weighted by molar-refractivity contribution is -0.137. The summed E-state index contributed by atoms with van der Waals surface area (Å²) in [5.74, 6) is 0.557. The van der Waals surface area contributed by atoms with Gasteiger partial charge < -0.3 is 5.11 Å². The quantitative estimate of drug-likeness (QED) is 0.427. The zero-order valence-electron chi connectivity index (χ0n) is 16.8. The molecule has 0 unspecified atom stereocenters. The first-order valence-corrected chi connectivity index (χ1v) is 9.51. The van der Waals surface area contributed by atoms with Gasteiger partial charge in [0.1, 0.15) is 5.75 Å². The Balaban J connectivity index is 1.96. The van der Waals surface area contributed by atoms with Gasteiger partial charge in [0.25, 0.3) is 0 Å². The van der Waals surface area contributed by atoms with Gasteiger partial charge in [0.2, 0.25) is 0 Å². The maximum atomic E-state index is 13.4. The van der Waals surface area contributed by atoms with Crippen LogP contribution < -0.4 is 0 Å². The molecule has 4 aromatic rings. The van der Waals surface area contributed by atoms with Crippen LogP contribution in [0.4, 0.5) is 13.2 Å². The highest BCUT2D eigenvalue weighted by Gasteiger charge is 2.31. The van der Waals surface area contributed by atoms with Crippen LogP contribution in [0.5, 0.6) is 5.75 Å². The molecule has 0 atom stereocenters. The van der Waals surface area contributed by atoms with Crippen molar-refractivity contribution < 1.29 is 18.3 Å². The van der Waals surface area contributed by atoms with Gasteiger partial charge in [0.05, 0.1) is 11.1 Å². The Bertz CT molecular complexity index is 1250. The summed E-state index contributed by atoms with van der Waals surface area (Å²) in [6.07, 6.45) is -4.49. The molecule has 0 bridgehead atoms. The molecule has 156 valence electrons. The molecule has 0 aliphatic carbocycles. The Hall–Kier alpha value is -3.74. The van der Waals surface area contributed by atoms with Crippen molar-refractivity contribution in [1.29, 1.82) is 0 Å². The fourth-order valence-electron chi connectivity index (χ4n) is 3.25. The summed E-state index contributed by atoms with van der Waals surface area (Å²) in [6.45, 7) is 3.42. The van der Waals surface area contributed by atoms with Gasteiger partial charge >= 0.3 is 6.18 Å². The molecule has 1 N–H and O–H groups in total. The molecule has 0 saturated heterocycles. The smallest absolute Gasteiger partial charge is 0.416 e. The number of aromatic hydroxyl groups is 1. The Labute approximate surface area is 177 Å². The van der Waals surface area contributed by atoms with E-state index in [0.717, 1.165) is 17.7 Å². The highest BCUT2D eigenvalue weighted by Crippen LogP contribution is 2.34. The highest BCUT2D eigenvalue weighted by molar-refractivity contribution is 5.70. The molecule has 0 amide bonds. The average Bonchev–Trinajstić information content (AvgIpc) is 2.73. The van der Waals surface area contributed by atoms with E-state index in [1.165, 1.54) is 0 Å². The molecule has 0 aliphatic heterocycles. The molecular weight excluding hydrogens is 403 g/mol. The number of rotatable bonds is 3. The van der Waals surface area contributed by atoms with Crippen LogP contribution in [0.3, 0.4) is 0 Å². The number of aryl methyl sites for hydroxylation is 2. The zero-order chi connectivity index (χ0) is 22.2. The minimum absolute atomic E-state index is 0.0172. The predicted octanol–water partition coefficient (Wildman–Crippen LogP) is 6.21. The summed E-state index contributed by atoms with van der Waals surface area (Å²) in [4.78, 5) is 13.3. The van der Waals surface area contributed by atoms with Crippen LogP contribution in [0, 0.1) is 13.8 Å². The van der Waals surface area contributed by atoms with Crippen molar-refractivity contribution >= 4 is 0 Å². The van der Waals surface area contributed by atoms with Crippen LogP contribution in [-0.2, 0) is 6.18 Å². The molecule has 3 aromatic carbocycles. The van der Waals surface area contributed by atoms with Crippen molar-refractivity contribution in [3.8, 4) is 39.9 Å². The van der Waals surface area contributed by atoms with Crippen LogP contribution in [-0.4, -0.2) is 20.1 Å². The molecule has 31 heavy (non-hydrogen) atoms. The summed E-state index contributed by atoms with van der Waals surface area (Å²) in [7, 11) is 0. The standard InChI is InChI=1S/C24H18F3N3O/c1-14-8-9-19(20(31)12-14)23-29-21(16-6-4-3-5-7-16)28-22(30-23)17-10-15(2)11-18(13-17)24(25,26)27/h3-13,31H,1-2H3. The normalized spacial score (nSPS) is 11.5. The molecule has 4 nitrogen and oxygen atoms in total. The summed E-state index contributed by atoms with van der Waals surface area (Å²) in [6, 6.07) is 17.8. The number of halogens is 3. The lowest BCUT2D eigenvalue weighted by Gasteiger charge is -2.12. The van der Waals surface area contributed by atoms with Gasteiger partial charge in [-0.2, -0.15) is 13.2 Å². The number of phenolic OH excluding ortho intramolecular Hbond substituents is 1. The second kappa shape index (κ2) is 7.83. The number of hydrogen-bond donors (Lipinski definition) is 1. The molecule has 7 heteroatoms. The van der Waals surface area contributed by atoms with Gasteiger partial charge in [-0.05, 0) is 55.3 Å². The third-order valence-corrected chi connectivity index (χ3v) is 4.72. The number of phenols is 1. The highest BCUT2D eigenvalue weighted by atomic mass is 19.4. The van der Waals surface area contributed by atoms with E-state index in [9.17, 15) is 18.3 Å². The summed E-state index contributed by atoms with van der Waals surface area (Å²) in [5, 5.41) is 10.4. The van der Waals surface area contributed by atoms with Crippen LogP contribution in [0.1, 0.15) is 16.7 Å². The topological polar surface area (TPSA) is 58.9 Å². The van der Waals surface area contributed by atoms with Gasteiger partial charge in [0, 0.05) is 11.1 Å². The van der Waals surface area contributed by atoms with Crippen molar-refractivity contribution in [2.75, 3.05) is 0 Å². The van der Waals surface area contributed by atoms with Crippen LogP contribution in [0.15, 0.2) is 66.7 Å². The maximum absolute atomic E-state index is 13.4. The molecule has 0 saturated carbocycles. The number of hydrogen-bond acceptors (Lipinski definition) is 4. The Morgan fingerprint density at radius 2 is 1.32 bits per heavy atom. The first-order chi connectivity index (χ1) is 14.7. The fraction of sp³-hybridized carbons (Fsp3) is 0.125. The largest absolute Gasteiger partial charge is 0.507 e. The SMILES string of the molecule is Cc1cc(-c2nc(-c3ccccc3)nc(-c3ccc(C)cc3O)n2)cc(C(F)(F)F)c1. The van der Waals surface area contributed by atoms with Crippen molar-refractivity contribution in [3.63, 3.8) is 0 Å². The van der Waals surface area contributed by atoms with Crippen molar-refractivity contribution in [1.82, 2.24) is 15.0 Å².